The van der Waals surface area contributed by atoms with Crippen LogP contribution in [0.1, 0.15) is 38.1 Å². The minimum absolute atomic E-state index is 0.0204. The lowest BCUT2D eigenvalue weighted by atomic mass is 9.87. The van der Waals surface area contributed by atoms with E-state index in [1.54, 1.807) is 15.9 Å². The zero-order valence-corrected chi connectivity index (χ0v) is 18.2. The Hall–Kier alpha value is -1.79. The summed E-state index contributed by atoms with van der Waals surface area (Å²) in [7, 11) is 0. The van der Waals surface area contributed by atoms with E-state index in [9.17, 15) is 4.79 Å². The van der Waals surface area contributed by atoms with E-state index in [2.05, 4.69) is 44.8 Å². The quantitative estimate of drug-likeness (QED) is 0.424. The molecule has 0 aliphatic carbocycles. The zero-order valence-electron chi connectivity index (χ0n) is 16.5. The molecule has 0 saturated heterocycles. The highest BCUT2D eigenvalue weighted by atomic mass is 32.2. The van der Waals surface area contributed by atoms with Crippen molar-refractivity contribution < 1.29 is 4.74 Å². The Kier molecular flexibility index (Phi) is 5.96. The van der Waals surface area contributed by atoms with E-state index in [4.69, 9.17) is 4.74 Å². The predicted octanol–water partition coefficient (Wildman–Crippen LogP) is 5.12. The van der Waals surface area contributed by atoms with Crippen LogP contribution in [-0.2, 0) is 18.4 Å². The molecule has 0 N–H and O–H groups in total. The van der Waals surface area contributed by atoms with Gasteiger partial charge in [0, 0.05) is 4.88 Å². The summed E-state index contributed by atoms with van der Waals surface area (Å²) in [5.41, 5.74) is 1.42. The lowest BCUT2D eigenvalue weighted by Gasteiger charge is -2.19. The van der Waals surface area contributed by atoms with Crippen molar-refractivity contribution in [3.63, 3.8) is 0 Å². The molecule has 0 unspecified atom stereocenters. The monoisotopic (exact) mass is 402 g/mol. The van der Waals surface area contributed by atoms with Gasteiger partial charge in [0.1, 0.15) is 17.2 Å². The molecule has 0 fully saturated rings. The van der Waals surface area contributed by atoms with Gasteiger partial charge in [-0.05, 0) is 41.9 Å². The highest BCUT2D eigenvalue weighted by molar-refractivity contribution is 7.98. The topological polar surface area (TPSA) is 44.1 Å². The summed E-state index contributed by atoms with van der Waals surface area (Å²) < 4.78 is 7.60. The first-order chi connectivity index (χ1) is 12.8. The highest BCUT2D eigenvalue weighted by Crippen LogP contribution is 2.25. The van der Waals surface area contributed by atoms with Crippen LogP contribution < -0.4 is 10.3 Å². The lowest BCUT2D eigenvalue weighted by molar-refractivity contribution is 0.290. The van der Waals surface area contributed by atoms with Crippen LogP contribution in [0, 0.1) is 0 Å². The maximum Gasteiger partial charge on any atom is 0.263 e. The summed E-state index contributed by atoms with van der Waals surface area (Å²) in [5.74, 6) is 0.819. The summed E-state index contributed by atoms with van der Waals surface area (Å²) in [6.45, 7) is 9.58. The van der Waals surface area contributed by atoms with Gasteiger partial charge in [0.25, 0.3) is 5.56 Å². The number of hydrogen-bond acceptors (Lipinski definition) is 5. The normalized spacial score (nSPS) is 11.9. The van der Waals surface area contributed by atoms with Gasteiger partial charge in [-0.2, -0.15) is 0 Å². The maximum atomic E-state index is 12.9. The highest BCUT2D eigenvalue weighted by Gasteiger charge is 2.14. The summed E-state index contributed by atoms with van der Waals surface area (Å²) in [4.78, 5) is 19.6. The van der Waals surface area contributed by atoms with E-state index in [1.807, 2.05) is 24.5 Å². The van der Waals surface area contributed by atoms with Crippen LogP contribution >= 0.6 is 23.1 Å². The number of aryl methyl sites for hydroxylation is 1. The van der Waals surface area contributed by atoms with Crippen LogP contribution in [0.2, 0.25) is 0 Å². The van der Waals surface area contributed by atoms with E-state index < -0.39 is 0 Å². The van der Waals surface area contributed by atoms with E-state index >= 15 is 0 Å². The molecule has 6 heteroatoms. The molecule has 0 atom stereocenters. The van der Waals surface area contributed by atoms with Gasteiger partial charge in [-0.15, -0.1) is 11.3 Å². The fourth-order valence-electron chi connectivity index (χ4n) is 2.88. The summed E-state index contributed by atoms with van der Waals surface area (Å²) in [6.07, 6.45) is 2.87. The average Bonchev–Trinajstić information content (AvgIpc) is 3.06. The molecule has 0 amide bonds. The van der Waals surface area contributed by atoms with Gasteiger partial charge in [0.2, 0.25) is 0 Å². The number of ether oxygens (including phenoxy) is 1. The van der Waals surface area contributed by atoms with Gasteiger partial charge >= 0.3 is 0 Å². The first-order valence-corrected chi connectivity index (χ1v) is 11.2. The van der Waals surface area contributed by atoms with Crippen molar-refractivity contribution in [1.82, 2.24) is 9.55 Å². The largest absolute Gasteiger partial charge is 0.492 e. The molecule has 4 nitrogen and oxygen atoms in total. The molecule has 2 aromatic heterocycles. The third-order valence-electron chi connectivity index (χ3n) is 4.50. The zero-order chi connectivity index (χ0) is 19.6. The second kappa shape index (κ2) is 8.07. The third kappa shape index (κ3) is 4.38. The van der Waals surface area contributed by atoms with Crippen molar-refractivity contribution in [2.75, 3.05) is 12.9 Å². The van der Waals surface area contributed by atoms with E-state index in [0.29, 0.717) is 18.5 Å². The van der Waals surface area contributed by atoms with Gasteiger partial charge in [-0.25, -0.2) is 4.98 Å². The molecule has 2 heterocycles. The number of fused-ring (bicyclic) bond motifs is 1. The molecule has 0 radical (unpaired) electrons. The van der Waals surface area contributed by atoms with Gasteiger partial charge in [0.05, 0.1) is 11.9 Å². The first-order valence-electron chi connectivity index (χ1n) is 9.14. The molecular weight excluding hydrogens is 376 g/mol. The second-order valence-electron chi connectivity index (χ2n) is 7.46. The Balaban J connectivity index is 1.76. The minimum Gasteiger partial charge on any atom is -0.492 e. The Bertz CT molecular complexity index is 982. The number of nitrogens with zero attached hydrogens (tertiary/aromatic N) is 2. The van der Waals surface area contributed by atoms with Gasteiger partial charge in [-0.3, -0.25) is 9.36 Å². The number of rotatable bonds is 6. The molecule has 0 bridgehead atoms. The Morgan fingerprint density at radius 3 is 2.52 bits per heavy atom. The van der Waals surface area contributed by atoms with E-state index in [0.717, 1.165) is 22.2 Å². The van der Waals surface area contributed by atoms with Crippen molar-refractivity contribution >= 4 is 33.3 Å². The van der Waals surface area contributed by atoms with Crippen LogP contribution in [0.15, 0.2) is 40.3 Å². The van der Waals surface area contributed by atoms with Gasteiger partial charge < -0.3 is 4.74 Å². The van der Waals surface area contributed by atoms with Crippen LogP contribution in [-0.4, -0.2) is 22.4 Å². The molecule has 3 rings (SSSR count). The van der Waals surface area contributed by atoms with Crippen molar-refractivity contribution in [2.45, 2.75) is 51.2 Å². The molecular formula is C21H26N2O2S2. The number of hydrogen-bond donors (Lipinski definition) is 0. The number of aromatic nitrogens is 2. The molecule has 0 saturated carbocycles. The third-order valence-corrected chi connectivity index (χ3v) is 6.35. The first kappa shape index (κ1) is 20.0. The van der Waals surface area contributed by atoms with Crippen molar-refractivity contribution in [3.8, 4) is 5.75 Å². The molecule has 0 aliphatic rings. The number of thioether (sulfide) groups is 1. The Labute approximate surface area is 168 Å². The van der Waals surface area contributed by atoms with Crippen molar-refractivity contribution in [1.29, 1.82) is 0 Å². The smallest absolute Gasteiger partial charge is 0.263 e. The predicted molar refractivity (Wildman–Crippen MR) is 116 cm³/mol. The van der Waals surface area contributed by atoms with Crippen LogP contribution in [0.5, 0.6) is 5.75 Å². The molecule has 1 aromatic carbocycles. The Morgan fingerprint density at radius 1 is 1.22 bits per heavy atom. The SMILES string of the molecule is CCc1cc2c(=O)n(CCOc3ccc(C(C)(C)C)cc3)c(SC)nc2s1. The fraction of sp³-hybridized carbons (Fsp3) is 0.429. The molecule has 0 spiro atoms. The van der Waals surface area contributed by atoms with Gasteiger partial charge in [0.15, 0.2) is 5.16 Å². The van der Waals surface area contributed by atoms with Crippen LogP contribution in [0.3, 0.4) is 0 Å². The molecule has 144 valence electrons. The van der Waals surface area contributed by atoms with E-state index in [-0.39, 0.29) is 11.0 Å². The minimum atomic E-state index is 0.0204. The molecule has 0 aliphatic heterocycles. The summed E-state index contributed by atoms with van der Waals surface area (Å²) in [6, 6.07) is 10.2. The number of thiophene rings is 1. The standard InChI is InChI=1S/C21H26N2O2S2/c1-6-16-13-17-18(27-16)22-20(26-5)23(19(17)24)11-12-25-15-9-7-14(8-10-15)21(2,3)4/h7-10,13H,6,11-12H2,1-5H3. The molecule has 3 aromatic rings. The van der Waals surface area contributed by atoms with Crippen LogP contribution in [0.4, 0.5) is 0 Å². The summed E-state index contributed by atoms with van der Waals surface area (Å²) >= 11 is 3.10. The van der Waals surface area contributed by atoms with E-state index in [1.165, 1.54) is 22.2 Å². The maximum absolute atomic E-state index is 12.9. The second-order valence-corrected chi connectivity index (χ2v) is 9.35. The Morgan fingerprint density at radius 2 is 1.93 bits per heavy atom. The van der Waals surface area contributed by atoms with Crippen molar-refractivity contribution in [2.24, 2.45) is 0 Å². The summed E-state index contributed by atoms with van der Waals surface area (Å²) in [5, 5.41) is 1.45. The van der Waals surface area contributed by atoms with Gasteiger partial charge in [-0.1, -0.05) is 51.6 Å². The van der Waals surface area contributed by atoms with Crippen molar-refractivity contribution in [3.05, 3.63) is 51.1 Å². The average molecular weight is 403 g/mol. The fourth-order valence-corrected chi connectivity index (χ4v) is 4.47. The molecule has 27 heavy (non-hydrogen) atoms. The lowest BCUT2D eigenvalue weighted by Crippen LogP contribution is -2.25. The number of benzene rings is 1. The van der Waals surface area contributed by atoms with Crippen LogP contribution in [0.25, 0.3) is 10.2 Å².